The zero-order valence-corrected chi connectivity index (χ0v) is 12.7. The van der Waals surface area contributed by atoms with Crippen LogP contribution >= 0.6 is 0 Å². The number of hydrogen-bond donors (Lipinski definition) is 1. The van der Waals surface area contributed by atoms with Crippen molar-refractivity contribution < 1.29 is 13.2 Å². The Bertz CT molecular complexity index is 717. The first kappa shape index (κ1) is 15.1. The number of ether oxygens (including phenoxy) is 1. The fourth-order valence-corrected chi connectivity index (χ4v) is 3.13. The molecule has 2 N–H and O–H groups in total. The first-order valence-electron chi connectivity index (χ1n) is 6.39. The monoisotopic (exact) mass is 307 g/mol. The lowest BCUT2D eigenvalue weighted by atomic mass is 10.3. The number of sulfonamides is 1. The van der Waals surface area contributed by atoms with Crippen LogP contribution in [0, 0.1) is 0 Å². The molecule has 0 atom stereocenters. The largest absolute Gasteiger partial charge is 0.492 e. The first-order valence-corrected chi connectivity index (χ1v) is 7.83. The average Bonchev–Trinajstić information content (AvgIpc) is 2.49. The SMILES string of the molecule is CCOc1ccc(N)cc1S(=O)(=O)N(C)c1ccccn1. The third kappa shape index (κ3) is 3.08. The summed E-state index contributed by atoms with van der Waals surface area (Å²) < 4.78 is 31.9. The van der Waals surface area contributed by atoms with E-state index in [0.717, 1.165) is 4.31 Å². The number of aromatic nitrogens is 1. The maximum Gasteiger partial charge on any atom is 0.269 e. The van der Waals surface area contributed by atoms with Crippen LogP contribution in [0.2, 0.25) is 0 Å². The molecule has 0 fully saturated rings. The number of hydrogen-bond acceptors (Lipinski definition) is 5. The van der Waals surface area contributed by atoms with Gasteiger partial charge in [0.2, 0.25) is 0 Å². The summed E-state index contributed by atoms with van der Waals surface area (Å²) >= 11 is 0. The van der Waals surface area contributed by atoms with Crippen LogP contribution in [-0.4, -0.2) is 27.1 Å². The Morgan fingerprint density at radius 2 is 2.05 bits per heavy atom. The molecular weight excluding hydrogens is 290 g/mol. The average molecular weight is 307 g/mol. The van der Waals surface area contributed by atoms with E-state index < -0.39 is 10.0 Å². The topological polar surface area (TPSA) is 85.5 Å². The van der Waals surface area contributed by atoms with Gasteiger partial charge in [0.1, 0.15) is 16.5 Å². The van der Waals surface area contributed by atoms with Gasteiger partial charge in [-0.05, 0) is 37.3 Å². The number of nitrogens with two attached hydrogens (primary N) is 1. The van der Waals surface area contributed by atoms with Gasteiger partial charge in [-0.3, -0.25) is 4.31 Å². The molecule has 0 aliphatic heterocycles. The van der Waals surface area contributed by atoms with E-state index in [4.69, 9.17) is 10.5 Å². The van der Waals surface area contributed by atoms with Crippen LogP contribution < -0.4 is 14.8 Å². The van der Waals surface area contributed by atoms with Crippen molar-refractivity contribution in [3.05, 3.63) is 42.6 Å². The van der Waals surface area contributed by atoms with Gasteiger partial charge in [0.25, 0.3) is 10.0 Å². The van der Waals surface area contributed by atoms with Gasteiger partial charge in [0.05, 0.1) is 6.61 Å². The van der Waals surface area contributed by atoms with Crippen molar-refractivity contribution in [2.24, 2.45) is 0 Å². The maximum absolute atomic E-state index is 12.7. The second-order valence-electron chi connectivity index (χ2n) is 4.30. The molecule has 0 aliphatic carbocycles. The van der Waals surface area contributed by atoms with Crippen LogP contribution in [0.15, 0.2) is 47.5 Å². The van der Waals surface area contributed by atoms with Crippen LogP contribution in [0.1, 0.15) is 6.92 Å². The molecule has 21 heavy (non-hydrogen) atoms. The lowest BCUT2D eigenvalue weighted by Gasteiger charge is -2.20. The maximum atomic E-state index is 12.7. The van der Waals surface area contributed by atoms with Crippen molar-refractivity contribution in [1.29, 1.82) is 0 Å². The molecule has 0 aliphatic rings. The molecule has 0 saturated carbocycles. The number of rotatable bonds is 5. The van der Waals surface area contributed by atoms with E-state index in [0.29, 0.717) is 18.1 Å². The van der Waals surface area contributed by atoms with E-state index in [2.05, 4.69) is 4.98 Å². The minimum atomic E-state index is -3.80. The van der Waals surface area contributed by atoms with Gasteiger partial charge < -0.3 is 10.5 Å². The van der Waals surface area contributed by atoms with Crippen molar-refractivity contribution in [2.45, 2.75) is 11.8 Å². The van der Waals surface area contributed by atoms with Gasteiger partial charge in [0, 0.05) is 18.9 Å². The predicted octanol–water partition coefficient (Wildman–Crippen LogP) is 1.89. The van der Waals surface area contributed by atoms with Crippen molar-refractivity contribution in [2.75, 3.05) is 23.7 Å². The second-order valence-corrected chi connectivity index (χ2v) is 6.24. The Morgan fingerprint density at radius 1 is 1.29 bits per heavy atom. The van der Waals surface area contributed by atoms with Gasteiger partial charge in [-0.1, -0.05) is 6.07 Å². The van der Waals surface area contributed by atoms with Crippen molar-refractivity contribution in [3.63, 3.8) is 0 Å². The van der Waals surface area contributed by atoms with Crippen LogP contribution in [0.25, 0.3) is 0 Å². The molecule has 0 saturated heterocycles. The molecule has 0 radical (unpaired) electrons. The molecule has 112 valence electrons. The van der Waals surface area contributed by atoms with Gasteiger partial charge in [-0.2, -0.15) is 0 Å². The molecule has 1 aromatic carbocycles. The van der Waals surface area contributed by atoms with E-state index in [9.17, 15) is 8.42 Å². The van der Waals surface area contributed by atoms with Crippen LogP contribution in [0.5, 0.6) is 5.75 Å². The predicted molar refractivity (Wildman–Crippen MR) is 81.8 cm³/mol. The van der Waals surface area contributed by atoms with Crippen LogP contribution in [0.3, 0.4) is 0 Å². The lowest BCUT2D eigenvalue weighted by Crippen LogP contribution is -2.27. The molecule has 0 spiro atoms. The number of benzene rings is 1. The van der Waals surface area contributed by atoms with Gasteiger partial charge >= 0.3 is 0 Å². The molecule has 0 unspecified atom stereocenters. The summed E-state index contributed by atoms with van der Waals surface area (Å²) in [5.74, 6) is 0.594. The number of nitrogen functional groups attached to an aromatic ring is 1. The van der Waals surface area contributed by atoms with Gasteiger partial charge in [-0.25, -0.2) is 13.4 Å². The fourth-order valence-electron chi connectivity index (χ4n) is 1.81. The minimum Gasteiger partial charge on any atom is -0.492 e. The van der Waals surface area contributed by atoms with Gasteiger partial charge in [-0.15, -0.1) is 0 Å². The van der Waals surface area contributed by atoms with Crippen molar-refractivity contribution >= 4 is 21.5 Å². The van der Waals surface area contributed by atoms with E-state index in [1.54, 1.807) is 37.3 Å². The lowest BCUT2D eigenvalue weighted by molar-refractivity contribution is 0.331. The Hall–Kier alpha value is -2.28. The van der Waals surface area contributed by atoms with E-state index in [1.807, 2.05) is 0 Å². The summed E-state index contributed by atoms with van der Waals surface area (Å²) in [4.78, 5) is 4.07. The Morgan fingerprint density at radius 3 is 2.67 bits per heavy atom. The third-order valence-corrected chi connectivity index (χ3v) is 4.66. The zero-order chi connectivity index (χ0) is 15.5. The van der Waals surface area contributed by atoms with E-state index in [1.165, 1.54) is 19.3 Å². The van der Waals surface area contributed by atoms with Gasteiger partial charge in [0.15, 0.2) is 0 Å². The van der Waals surface area contributed by atoms with E-state index in [-0.39, 0.29) is 10.6 Å². The smallest absolute Gasteiger partial charge is 0.269 e. The molecule has 0 bridgehead atoms. The van der Waals surface area contributed by atoms with Crippen molar-refractivity contribution in [3.8, 4) is 5.75 Å². The molecule has 0 amide bonds. The molecular formula is C14H17N3O3S. The summed E-state index contributed by atoms with van der Waals surface area (Å²) in [5.41, 5.74) is 6.06. The molecule has 1 heterocycles. The molecule has 2 rings (SSSR count). The highest BCUT2D eigenvalue weighted by molar-refractivity contribution is 7.92. The first-order chi connectivity index (χ1) is 9.96. The quantitative estimate of drug-likeness (QED) is 0.853. The fraction of sp³-hybridized carbons (Fsp3) is 0.214. The van der Waals surface area contributed by atoms with Crippen molar-refractivity contribution in [1.82, 2.24) is 4.98 Å². The van der Waals surface area contributed by atoms with E-state index >= 15 is 0 Å². The molecule has 7 heteroatoms. The molecule has 2 aromatic rings. The number of pyridine rings is 1. The highest BCUT2D eigenvalue weighted by Gasteiger charge is 2.26. The van der Waals surface area contributed by atoms with Crippen LogP contribution in [0.4, 0.5) is 11.5 Å². The second kappa shape index (κ2) is 6.01. The Labute approximate surface area is 124 Å². The standard InChI is InChI=1S/C14H17N3O3S/c1-3-20-12-8-7-11(15)10-13(12)21(18,19)17(2)14-6-4-5-9-16-14/h4-10H,3,15H2,1-2H3. The minimum absolute atomic E-state index is 0.0255. The highest BCUT2D eigenvalue weighted by atomic mass is 32.2. The normalized spacial score (nSPS) is 11.1. The molecule has 6 nitrogen and oxygen atoms in total. The number of anilines is 2. The molecule has 1 aromatic heterocycles. The summed E-state index contributed by atoms with van der Waals surface area (Å²) in [6.07, 6.45) is 1.53. The summed E-state index contributed by atoms with van der Waals surface area (Å²) in [6.45, 7) is 2.15. The Balaban J connectivity index is 2.51. The Kier molecular flexibility index (Phi) is 4.32. The highest BCUT2D eigenvalue weighted by Crippen LogP contribution is 2.30. The summed E-state index contributed by atoms with van der Waals surface area (Å²) in [7, 11) is -2.36. The zero-order valence-electron chi connectivity index (χ0n) is 11.9. The number of nitrogens with zero attached hydrogens (tertiary/aromatic N) is 2. The van der Waals surface area contributed by atoms with Crippen LogP contribution in [-0.2, 0) is 10.0 Å². The third-order valence-electron chi connectivity index (χ3n) is 2.88. The summed E-state index contributed by atoms with van der Waals surface area (Å²) in [6, 6.07) is 9.60. The summed E-state index contributed by atoms with van der Waals surface area (Å²) in [5, 5.41) is 0.